The van der Waals surface area contributed by atoms with E-state index in [-0.39, 0.29) is 6.79 Å². The number of hydrogen-bond donors (Lipinski definition) is 1. The van der Waals surface area contributed by atoms with E-state index < -0.39 is 0 Å². The van der Waals surface area contributed by atoms with Crippen LogP contribution in [0.1, 0.15) is 0 Å². The third kappa shape index (κ3) is 2.12. The van der Waals surface area contributed by atoms with Gasteiger partial charge in [0.2, 0.25) is 6.79 Å². The van der Waals surface area contributed by atoms with E-state index in [4.69, 9.17) is 21.1 Å². The van der Waals surface area contributed by atoms with Crippen LogP contribution in [-0.2, 0) is 0 Å². The fourth-order valence-electron chi connectivity index (χ4n) is 1.62. The number of hydrogen-bond acceptors (Lipinski definition) is 4. The number of nitrogens with zero attached hydrogens (tertiary/aromatic N) is 1. The molecule has 1 aliphatic rings. The van der Waals surface area contributed by atoms with E-state index in [1.54, 1.807) is 12.3 Å². The molecule has 3 rings (SSSR count). The number of ether oxygens (including phenoxy) is 2. The smallest absolute Gasteiger partial charge is 0.231 e. The van der Waals surface area contributed by atoms with Crippen molar-refractivity contribution >= 4 is 23.0 Å². The Morgan fingerprint density at radius 1 is 1.06 bits per heavy atom. The first kappa shape index (κ1) is 10.2. The normalized spacial score (nSPS) is 12.5. The summed E-state index contributed by atoms with van der Waals surface area (Å²) in [5.41, 5.74) is 1.79. The molecule has 0 radical (unpaired) electrons. The average Bonchev–Trinajstić information content (AvgIpc) is 2.76. The van der Waals surface area contributed by atoms with Gasteiger partial charge in [0.1, 0.15) is 5.15 Å². The second-order valence-electron chi connectivity index (χ2n) is 3.56. The Balaban J connectivity index is 1.86. The first-order valence-electron chi connectivity index (χ1n) is 5.09. The van der Waals surface area contributed by atoms with Gasteiger partial charge in [0.15, 0.2) is 11.5 Å². The monoisotopic (exact) mass is 248 g/mol. The highest BCUT2D eigenvalue weighted by atomic mass is 35.5. The largest absolute Gasteiger partial charge is 0.454 e. The lowest BCUT2D eigenvalue weighted by Crippen LogP contribution is -1.93. The van der Waals surface area contributed by atoms with Crippen LogP contribution in [0, 0.1) is 0 Å². The third-order valence-corrected chi connectivity index (χ3v) is 2.59. The van der Waals surface area contributed by atoms with Crippen molar-refractivity contribution in [3.05, 3.63) is 41.7 Å². The lowest BCUT2D eigenvalue weighted by atomic mass is 10.2. The minimum Gasteiger partial charge on any atom is -0.454 e. The molecule has 0 spiro atoms. The van der Waals surface area contributed by atoms with Crippen molar-refractivity contribution in [1.82, 2.24) is 4.98 Å². The number of anilines is 2. The van der Waals surface area contributed by atoms with Crippen molar-refractivity contribution in [2.75, 3.05) is 12.1 Å². The molecule has 0 saturated carbocycles. The van der Waals surface area contributed by atoms with Crippen LogP contribution in [0.25, 0.3) is 0 Å². The third-order valence-electron chi connectivity index (χ3n) is 2.39. The number of benzene rings is 1. The first-order valence-corrected chi connectivity index (χ1v) is 5.47. The van der Waals surface area contributed by atoms with E-state index in [2.05, 4.69) is 10.3 Å². The maximum atomic E-state index is 5.81. The number of pyridine rings is 1. The maximum absolute atomic E-state index is 5.81. The van der Waals surface area contributed by atoms with Crippen LogP contribution in [0.15, 0.2) is 36.5 Å². The van der Waals surface area contributed by atoms with Gasteiger partial charge < -0.3 is 14.8 Å². The van der Waals surface area contributed by atoms with Crippen LogP contribution in [0.2, 0.25) is 5.15 Å². The minimum absolute atomic E-state index is 0.278. The highest BCUT2D eigenvalue weighted by molar-refractivity contribution is 6.29. The molecule has 1 N–H and O–H groups in total. The zero-order valence-electron chi connectivity index (χ0n) is 8.81. The number of rotatable bonds is 2. The van der Waals surface area contributed by atoms with Gasteiger partial charge in [-0.25, -0.2) is 4.98 Å². The van der Waals surface area contributed by atoms with Crippen molar-refractivity contribution in [2.24, 2.45) is 0 Å². The van der Waals surface area contributed by atoms with Crippen molar-refractivity contribution < 1.29 is 9.47 Å². The summed E-state index contributed by atoms with van der Waals surface area (Å²) >= 11 is 5.81. The fourth-order valence-corrected chi connectivity index (χ4v) is 1.80. The number of halogens is 1. The highest BCUT2D eigenvalue weighted by Crippen LogP contribution is 2.35. The Kier molecular flexibility index (Phi) is 2.49. The number of aromatic nitrogens is 1. The first-order chi connectivity index (χ1) is 8.31. The molecule has 86 valence electrons. The Labute approximate surface area is 103 Å². The van der Waals surface area contributed by atoms with Crippen LogP contribution >= 0.6 is 11.6 Å². The van der Waals surface area contributed by atoms with Crippen LogP contribution in [0.3, 0.4) is 0 Å². The zero-order chi connectivity index (χ0) is 11.7. The molecule has 0 bridgehead atoms. The summed E-state index contributed by atoms with van der Waals surface area (Å²) in [5, 5.41) is 3.67. The molecule has 0 atom stereocenters. The zero-order valence-corrected chi connectivity index (χ0v) is 9.57. The molecule has 2 heterocycles. The van der Waals surface area contributed by atoms with Crippen LogP contribution < -0.4 is 14.8 Å². The van der Waals surface area contributed by atoms with Crippen molar-refractivity contribution in [3.8, 4) is 11.5 Å². The Hall–Kier alpha value is -1.94. The molecule has 0 unspecified atom stereocenters. The standard InChI is InChI=1S/C12H9ClN2O2/c13-12-6-9(3-4-14-12)15-8-1-2-10-11(5-8)17-7-16-10/h1-6H,7H2,(H,14,15). The molecule has 4 nitrogen and oxygen atoms in total. The lowest BCUT2D eigenvalue weighted by molar-refractivity contribution is 0.174. The molecule has 0 fully saturated rings. The highest BCUT2D eigenvalue weighted by Gasteiger charge is 2.13. The molecule has 5 heteroatoms. The SMILES string of the molecule is Clc1cc(Nc2ccc3c(c2)OCO3)ccn1. The van der Waals surface area contributed by atoms with E-state index in [0.29, 0.717) is 5.15 Å². The molecule has 0 aliphatic carbocycles. The van der Waals surface area contributed by atoms with Gasteiger partial charge in [-0.1, -0.05) is 11.6 Å². The van der Waals surface area contributed by atoms with Gasteiger partial charge >= 0.3 is 0 Å². The summed E-state index contributed by atoms with van der Waals surface area (Å²) in [6.45, 7) is 0.278. The number of fused-ring (bicyclic) bond motifs is 1. The van der Waals surface area contributed by atoms with E-state index in [9.17, 15) is 0 Å². The van der Waals surface area contributed by atoms with Gasteiger partial charge in [-0.3, -0.25) is 0 Å². The molecule has 2 aromatic rings. The molecule has 1 aliphatic heterocycles. The Morgan fingerprint density at radius 2 is 1.88 bits per heavy atom. The predicted octanol–water partition coefficient (Wildman–Crippen LogP) is 3.21. The van der Waals surface area contributed by atoms with Gasteiger partial charge in [-0.05, 0) is 24.3 Å². The second-order valence-corrected chi connectivity index (χ2v) is 3.95. The molecule has 0 saturated heterocycles. The molecule has 0 amide bonds. The van der Waals surface area contributed by atoms with Gasteiger partial charge in [-0.15, -0.1) is 0 Å². The quantitative estimate of drug-likeness (QED) is 0.829. The van der Waals surface area contributed by atoms with Gasteiger partial charge in [0.25, 0.3) is 0 Å². The van der Waals surface area contributed by atoms with E-state index in [0.717, 1.165) is 22.9 Å². The maximum Gasteiger partial charge on any atom is 0.231 e. The minimum atomic E-state index is 0.278. The fraction of sp³-hybridized carbons (Fsp3) is 0.0833. The molecule has 1 aromatic heterocycles. The number of nitrogens with one attached hydrogen (secondary N) is 1. The van der Waals surface area contributed by atoms with E-state index in [1.807, 2.05) is 24.3 Å². The lowest BCUT2D eigenvalue weighted by Gasteiger charge is -2.07. The van der Waals surface area contributed by atoms with Crippen molar-refractivity contribution in [3.63, 3.8) is 0 Å². The van der Waals surface area contributed by atoms with E-state index in [1.165, 1.54) is 0 Å². The molecular weight excluding hydrogens is 240 g/mol. The summed E-state index contributed by atoms with van der Waals surface area (Å²) in [4.78, 5) is 3.92. The van der Waals surface area contributed by atoms with Crippen LogP contribution in [0.4, 0.5) is 11.4 Å². The summed E-state index contributed by atoms with van der Waals surface area (Å²) in [6, 6.07) is 9.27. The van der Waals surface area contributed by atoms with Crippen LogP contribution in [-0.4, -0.2) is 11.8 Å². The summed E-state index contributed by atoms with van der Waals surface area (Å²) in [7, 11) is 0. The van der Waals surface area contributed by atoms with Crippen LogP contribution in [0.5, 0.6) is 11.5 Å². The second kappa shape index (κ2) is 4.14. The summed E-state index contributed by atoms with van der Waals surface area (Å²) in [6.07, 6.45) is 1.65. The van der Waals surface area contributed by atoms with Gasteiger partial charge in [0, 0.05) is 23.6 Å². The van der Waals surface area contributed by atoms with E-state index >= 15 is 0 Å². The predicted molar refractivity (Wildman–Crippen MR) is 65.1 cm³/mol. The topological polar surface area (TPSA) is 43.4 Å². The van der Waals surface area contributed by atoms with Gasteiger partial charge in [0.05, 0.1) is 0 Å². The molecule has 1 aromatic carbocycles. The molecule has 17 heavy (non-hydrogen) atoms. The Morgan fingerprint density at radius 3 is 2.76 bits per heavy atom. The van der Waals surface area contributed by atoms with Gasteiger partial charge in [-0.2, -0.15) is 0 Å². The van der Waals surface area contributed by atoms with Crippen molar-refractivity contribution in [2.45, 2.75) is 0 Å². The summed E-state index contributed by atoms with van der Waals surface area (Å²) in [5.74, 6) is 1.51. The average molecular weight is 249 g/mol. The summed E-state index contributed by atoms with van der Waals surface area (Å²) < 4.78 is 10.5. The molecular formula is C12H9ClN2O2. The Bertz CT molecular complexity index is 560. The van der Waals surface area contributed by atoms with Crippen molar-refractivity contribution in [1.29, 1.82) is 0 Å².